The zero-order valence-corrected chi connectivity index (χ0v) is 21.6. The first-order valence-electron chi connectivity index (χ1n) is 12.0. The maximum Gasteiger partial charge on any atom is 0.262 e. The van der Waals surface area contributed by atoms with Gasteiger partial charge in [0.15, 0.2) is 6.04 Å². The summed E-state index contributed by atoms with van der Waals surface area (Å²) in [6.07, 6.45) is 0. The summed E-state index contributed by atoms with van der Waals surface area (Å²) in [6, 6.07) is 21.1. The first-order valence-corrected chi connectivity index (χ1v) is 12.8. The van der Waals surface area contributed by atoms with Gasteiger partial charge < -0.3 is 15.0 Å². The van der Waals surface area contributed by atoms with E-state index in [2.05, 4.69) is 14.9 Å². The summed E-state index contributed by atoms with van der Waals surface area (Å²) in [4.78, 5) is 55.7. The third-order valence-corrected chi connectivity index (χ3v) is 6.79. The van der Waals surface area contributed by atoms with Gasteiger partial charge >= 0.3 is 0 Å². The second kappa shape index (κ2) is 11.2. The van der Waals surface area contributed by atoms with Gasteiger partial charge in [0, 0.05) is 17.6 Å². The van der Waals surface area contributed by atoms with Crippen LogP contribution in [0, 0.1) is 0 Å². The molecule has 4 aromatic rings. The summed E-state index contributed by atoms with van der Waals surface area (Å²) in [5.74, 6) is -1.62. The number of nitrogens with zero attached hydrogens (tertiary/aromatic N) is 4. The van der Waals surface area contributed by atoms with E-state index in [4.69, 9.17) is 4.74 Å². The van der Waals surface area contributed by atoms with Gasteiger partial charge in [0.05, 0.1) is 18.2 Å². The molecule has 0 spiro atoms. The Morgan fingerprint density at radius 2 is 1.59 bits per heavy atom. The zero-order chi connectivity index (χ0) is 27.4. The number of rotatable bonds is 9. The number of carbonyl (C=O) groups is 4. The van der Waals surface area contributed by atoms with Crippen LogP contribution in [0.1, 0.15) is 38.0 Å². The molecule has 11 heteroatoms. The zero-order valence-electron chi connectivity index (χ0n) is 20.8. The van der Waals surface area contributed by atoms with Crippen molar-refractivity contribution >= 4 is 40.8 Å². The van der Waals surface area contributed by atoms with E-state index in [1.54, 1.807) is 61.0 Å². The van der Waals surface area contributed by atoms with Crippen LogP contribution in [0.3, 0.4) is 0 Å². The minimum Gasteiger partial charge on any atom is -0.497 e. The van der Waals surface area contributed by atoms with Gasteiger partial charge in [-0.15, -0.1) is 5.10 Å². The SMILES string of the molecule is COc1ccc(NC(=O)[C@H](c2csnn2)N(Cc2ccccc2)C(=O)CN2C(=O)c3ccccc3C2=O)cc1. The fourth-order valence-electron chi connectivity index (χ4n) is 4.32. The summed E-state index contributed by atoms with van der Waals surface area (Å²) < 4.78 is 9.08. The van der Waals surface area contributed by atoms with Gasteiger partial charge in [0.2, 0.25) is 5.91 Å². The number of ether oxygens (including phenoxy) is 1. The molecule has 1 aromatic heterocycles. The largest absolute Gasteiger partial charge is 0.497 e. The normalized spacial score (nSPS) is 13.1. The number of carbonyl (C=O) groups excluding carboxylic acids is 4. The van der Waals surface area contributed by atoms with Crippen LogP contribution in [0.2, 0.25) is 0 Å². The van der Waals surface area contributed by atoms with E-state index < -0.39 is 36.2 Å². The molecule has 39 heavy (non-hydrogen) atoms. The first-order chi connectivity index (χ1) is 19.0. The molecule has 4 amide bonds. The highest BCUT2D eigenvalue weighted by molar-refractivity contribution is 7.03. The van der Waals surface area contributed by atoms with Gasteiger partial charge in [0.25, 0.3) is 17.7 Å². The molecule has 1 atom stereocenters. The van der Waals surface area contributed by atoms with Crippen molar-refractivity contribution in [3.8, 4) is 5.75 Å². The van der Waals surface area contributed by atoms with Crippen molar-refractivity contribution in [3.63, 3.8) is 0 Å². The Hall–Kier alpha value is -4.90. The molecule has 0 saturated heterocycles. The number of aromatic nitrogens is 2. The molecule has 0 unspecified atom stereocenters. The molecule has 0 radical (unpaired) electrons. The lowest BCUT2D eigenvalue weighted by molar-refractivity contribution is -0.140. The average molecular weight is 542 g/mol. The van der Waals surface area contributed by atoms with E-state index in [9.17, 15) is 19.2 Å². The molecule has 0 saturated carbocycles. The minimum atomic E-state index is -1.19. The Balaban J connectivity index is 1.47. The summed E-state index contributed by atoms with van der Waals surface area (Å²) in [5.41, 5.74) is 1.97. The van der Waals surface area contributed by atoms with Crippen molar-refractivity contribution in [1.29, 1.82) is 0 Å². The molecular formula is C28H23N5O5S. The lowest BCUT2D eigenvalue weighted by Crippen LogP contribution is -2.47. The average Bonchev–Trinajstić information content (AvgIpc) is 3.57. The smallest absolute Gasteiger partial charge is 0.262 e. The van der Waals surface area contributed by atoms with Crippen molar-refractivity contribution in [2.45, 2.75) is 12.6 Å². The van der Waals surface area contributed by atoms with Crippen LogP contribution in [-0.2, 0) is 16.1 Å². The Bertz CT molecular complexity index is 1470. The van der Waals surface area contributed by atoms with Crippen LogP contribution in [0.25, 0.3) is 0 Å². The van der Waals surface area contributed by atoms with Gasteiger partial charge in [-0.05, 0) is 53.5 Å². The summed E-state index contributed by atoms with van der Waals surface area (Å²) in [5, 5.41) is 8.51. The molecule has 0 fully saturated rings. The molecule has 1 aliphatic rings. The summed E-state index contributed by atoms with van der Waals surface area (Å²) in [7, 11) is 1.54. The maximum absolute atomic E-state index is 13.9. The molecule has 5 rings (SSSR count). The number of anilines is 1. The van der Waals surface area contributed by atoms with E-state index in [1.807, 2.05) is 30.3 Å². The van der Waals surface area contributed by atoms with Crippen molar-refractivity contribution in [2.24, 2.45) is 0 Å². The quantitative estimate of drug-likeness (QED) is 0.322. The molecule has 2 heterocycles. The van der Waals surface area contributed by atoms with E-state index in [0.717, 1.165) is 22.0 Å². The van der Waals surface area contributed by atoms with E-state index in [-0.39, 0.29) is 23.4 Å². The number of fused-ring (bicyclic) bond motifs is 1. The number of hydrogen-bond acceptors (Lipinski definition) is 8. The first kappa shape index (κ1) is 25.7. The van der Waals surface area contributed by atoms with E-state index in [0.29, 0.717) is 11.4 Å². The number of methoxy groups -OCH3 is 1. The molecule has 3 aromatic carbocycles. The van der Waals surface area contributed by atoms with Crippen LogP contribution < -0.4 is 10.1 Å². The molecule has 10 nitrogen and oxygen atoms in total. The minimum absolute atomic E-state index is 0.0288. The number of nitrogens with one attached hydrogen (secondary N) is 1. The molecule has 196 valence electrons. The van der Waals surface area contributed by atoms with Crippen LogP contribution in [0.15, 0.2) is 84.2 Å². The maximum atomic E-state index is 13.9. The van der Waals surface area contributed by atoms with Gasteiger partial charge in [-0.1, -0.05) is 47.0 Å². The van der Waals surface area contributed by atoms with Gasteiger partial charge in [-0.3, -0.25) is 24.1 Å². The Morgan fingerprint density at radius 3 is 2.18 bits per heavy atom. The standard InChI is InChI=1S/C28H23N5O5S/c1-38-20-13-11-19(12-14-20)29-26(35)25(23-17-39-31-30-23)32(15-18-7-3-2-4-8-18)24(34)16-33-27(36)21-9-5-6-10-22(21)28(33)37/h2-14,17,25H,15-16H2,1H3,(H,29,35)/t25-/m0/s1. The number of imide groups is 1. The topological polar surface area (TPSA) is 122 Å². The van der Waals surface area contributed by atoms with Gasteiger partial charge in [-0.2, -0.15) is 0 Å². The van der Waals surface area contributed by atoms with Crippen molar-refractivity contribution in [3.05, 3.63) is 107 Å². The Kier molecular flexibility index (Phi) is 7.41. The summed E-state index contributed by atoms with van der Waals surface area (Å²) >= 11 is 1.04. The van der Waals surface area contributed by atoms with Crippen LogP contribution in [0.4, 0.5) is 5.69 Å². The number of amides is 4. The van der Waals surface area contributed by atoms with Crippen LogP contribution >= 0.6 is 11.5 Å². The Morgan fingerprint density at radius 1 is 0.949 bits per heavy atom. The number of hydrogen-bond donors (Lipinski definition) is 1. The predicted molar refractivity (Wildman–Crippen MR) is 143 cm³/mol. The van der Waals surface area contributed by atoms with Crippen molar-refractivity contribution in [1.82, 2.24) is 19.4 Å². The third-order valence-electron chi connectivity index (χ3n) is 6.26. The second-order valence-corrected chi connectivity index (χ2v) is 9.31. The van der Waals surface area contributed by atoms with E-state index >= 15 is 0 Å². The highest BCUT2D eigenvalue weighted by Gasteiger charge is 2.40. The molecule has 1 N–H and O–H groups in total. The third kappa shape index (κ3) is 5.39. The van der Waals surface area contributed by atoms with E-state index in [1.165, 1.54) is 4.90 Å². The molecule has 0 bridgehead atoms. The fraction of sp³-hybridized carbons (Fsp3) is 0.143. The monoisotopic (exact) mass is 541 g/mol. The second-order valence-electron chi connectivity index (χ2n) is 8.70. The highest BCUT2D eigenvalue weighted by atomic mass is 32.1. The van der Waals surface area contributed by atoms with Crippen molar-refractivity contribution in [2.75, 3.05) is 19.0 Å². The lowest BCUT2D eigenvalue weighted by atomic mass is 10.1. The van der Waals surface area contributed by atoms with Crippen LogP contribution in [0.5, 0.6) is 5.75 Å². The number of benzene rings is 3. The Labute approximate surface area is 228 Å². The summed E-state index contributed by atoms with van der Waals surface area (Å²) in [6.45, 7) is -0.510. The fourth-order valence-corrected chi connectivity index (χ4v) is 4.80. The van der Waals surface area contributed by atoms with Crippen LogP contribution in [-0.4, -0.2) is 56.7 Å². The van der Waals surface area contributed by atoms with Gasteiger partial charge in [-0.25, -0.2) is 0 Å². The predicted octanol–water partition coefficient (Wildman–Crippen LogP) is 3.55. The van der Waals surface area contributed by atoms with Gasteiger partial charge in [0.1, 0.15) is 18.0 Å². The molecule has 0 aliphatic carbocycles. The van der Waals surface area contributed by atoms with Crippen molar-refractivity contribution < 1.29 is 23.9 Å². The molecule has 1 aliphatic heterocycles. The highest BCUT2D eigenvalue weighted by Crippen LogP contribution is 2.27. The molecular weight excluding hydrogens is 518 g/mol. The lowest BCUT2D eigenvalue weighted by Gasteiger charge is -2.31.